The fourth-order valence-corrected chi connectivity index (χ4v) is 3.99. The van der Waals surface area contributed by atoms with E-state index in [2.05, 4.69) is 20.4 Å². The number of rotatable bonds is 7. The first-order chi connectivity index (χ1) is 14.8. The Hall–Kier alpha value is -3.15. The molecule has 1 aliphatic heterocycles. The lowest BCUT2D eigenvalue weighted by Gasteiger charge is -2.24. The second-order valence-corrected chi connectivity index (χ2v) is 7.69. The lowest BCUT2D eigenvalue weighted by atomic mass is 9.95. The van der Waals surface area contributed by atoms with Crippen molar-refractivity contribution < 1.29 is 9.21 Å². The molecule has 30 heavy (non-hydrogen) atoms. The summed E-state index contributed by atoms with van der Waals surface area (Å²) in [5.41, 5.74) is 1.92. The molecule has 0 bridgehead atoms. The Morgan fingerprint density at radius 3 is 2.23 bits per heavy atom. The summed E-state index contributed by atoms with van der Waals surface area (Å²) in [5, 5.41) is 11.7. The molecule has 2 atom stereocenters. The van der Waals surface area contributed by atoms with Gasteiger partial charge in [0, 0.05) is 13.1 Å². The van der Waals surface area contributed by atoms with Gasteiger partial charge in [0.2, 0.25) is 11.8 Å². The van der Waals surface area contributed by atoms with Crippen LogP contribution in [-0.2, 0) is 4.79 Å². The number of benzene rings is 2. The molecular formula is C24H28N4O2. The Morgan fingerprint density at radius 1 is 0.967 bits per heavy atom. The number of hydrogen-bond donors (Lipinski definition) is 1. The molecule has 2 aromatic carbocycles. The summed E-state index contributed by atoms with van der Waals surface area (Å²) in [4.78, 5) is 15.4. The van der Waals surface area contributed by atoms with Crippen molar-refractivity contribution >= 4 is 11.9 Å². The van der Waals surface area contributed by atoms with Gasteiger partial charge < -0.3 is 14.6 Å². The molecule has 0 aliphatic carbocycles. The lowest BCUT2D eigenvalue weighted by Crippen LogP contribution is -2.33. The topological polar surface area (TPSA) is 71.3 Å². The van der Waals surface area contributed by atoms with Crippen molar-refractivity contribution in [2.45, 2.75) is 44.6 Å². The predicted molar refractivity (Wildman–Crippen MR) is 116 cm³/mol. The number of carbonyl (C=O) groups excluding carboxylic acids is 1. The lowest BCUT2D eigenvalue weighted by molar-refractivity contribution is -0.123. The van der Waals surface area contributed by atoms with E-state index in [-0.39, 0.29) is 11.8 Å². The van der Waals surface area contributed by atoms with Gasteiger partial charge in [0.05, 0.1) is 5.92 Å². The molecular weight excluding hydrogens is 376 g/mol. The number of aromatic nitrogens is 2. The van der Waals surface area contributed by atoms with Gasteiger partial charge in [-0.25, -0.2) is 0 Å². The second-order valence-electron chi connectivity index (χ2n) is 7.69. The highest BCUT2D eigenvalue weighted by Gasteiger charge is 2.28. The van der Waals surface area contributed by atoms with Crippen LogP contribution in [0, 0.1) is 0 Å². The zero-order valence-electron chi connectivity index (χ0n) is 17.3. The summed E-state index contributed by atoms with van der Waals surface area (Å²) in [7, 11) is 0. The van der Waals surface area contributed by atoms with Crippen molar-refractivity contribution in [3.05, 3.63) is 77.7 Å². The van der Waals surface area contributed by atoms with E-state index in [0.717, 1.165) is 37.1 Å². The van der Waals surface area contributed by atoms with E-state index in [0.29, 0.717) is 18.3 Å². The Balaban J connectivity index is 1.59. The van der Waals surface area contributed by atoms with Crippen LogP contribution in [0.2, 0.25) is 0 Å². The largest absolute Gasteiger partial charge is 0.405 e. The van der Waals surface area contributed by atoms with Gasteiger partial charge in [0.15, 0.2) is 0 Å². The Kier molecular flexibility index (Phi) is 6.42. The number of anilines is 1. The highest BCUT2D eigenvalue weighted by molar-refractivity contribution is 5.84. The van der Waals surface area contributed by atoms with E-state index in [1.807, 2.05) is 67.6 Å². The molecule has 0 unspecified atom stereocenters. The average molecular weight is 405 g/mol. The molecule has 2 heterocycles. The summed E-state index contributed by atoms with van der Waals surface area (Å²) in [6.07, 6.45) is 4.20. The van der Waals surface area contributed by atoms with Crippen LogP contribution in [0.25, 0.3) is 0 Å². The number of nitrogens with zero attached hydrogens (tertiary/aromatic N) is 3. The summed E-state index contributed by atoms with van der Waals surface area (Å²) in [6, 6.07) is 19.7. The zero-order valence-corrected chi connectivity index (χ0v) is 17.3. The van der Waals surface area contributed by atoms with Crippen LogP contribution in [0.4, 0.5) is 6.01 Å². The van der Waals surface area contributed by atoms with E-state index < -0.39 is 6.04 Å². The average Bonchev–Trinajstić information content (AvgIpc) is 3.30. The number of piperidine rings is 1. The van der Waals surface area contributed by atoms with Crippen molar-refractivity contribution in [2.75, 3.05) is 18.0 Å². The van der Waals surface area contributed by atoms with Gasteiger partial charge in [-0.05, 0) is 36.8 Å². The molecule has 1 amide bonds. The number of hydrogen-bond acceptors (Lipinski definition) is 5. The van der Waals surface area contributed by atoms with Gasteiger partial charge in [0.25, 0.3) is 0 Å². The third-order valence-corrected chi connectivity index (χ3v) is 5.65. The van der Waals surface area contributed by atoms with Crippen LogP contribution in [0.15, 0.2) is 65.1 Å². The summed E-state index contributed by atoms with van der Waals surface area (Å²) in [5.74, 6) is 0.134. The molecule has 0 spiro atoms. The minimum Gasteiger partial charge on any atom is -0.405 e. The third kappa shape index (κ3) is 4.53. The number of nitrogens with one attached hydrogen (secondary N) is 1. The molecule has 1 saturated heterocycles. The molecule has 0 radical (unpaired) electrons. The van der Waals surface area contributed by atoms with E-state index >= 15 is 0 Å². The van der Waals surface area contributed by atoms with Crippen LogP contribution >= 0.6 is 0 Å². The van der Waals surface area contributed by atoms with Gasteiger partial charge in [-0.3, -0.25) is 4.79 Å². The zero-order chi connectivity index (χ0) is 20.8. The first-order valence-electron chi connectivity index (χ1n) is 10.7. The van der Waals surface area contributed by atoms with E-state index in [4.69, 9.17) is 4.42 Å². The quantitative estimate of drug-likeness (QED) is 0.629. The fourth-order valence-electron chi connectivity index (χ4n) is 3.99. The SMILES string of the molecule is CC[C@@H](C(=O)N[C@@H](c1ccccc1)c1nnc(N2CCCCC2)o1)c1ccccc1. The second kappa shape index (κ2) is 9.57. The van der Waals surface area contributed by atoms with Crippen molar-refractivity contribution in [1.82, 2.24) is 15.5 Å². The molecule has 6 heteroatoms. The van der Waals surface area contributed by atoms with Gasteiger partial charge in [-0.2, -0.15) is 0 Å². The van der Waals surface area contributed by atoms with Crippen LogP contribution < -0.4 is 10.2 Å². The maximum atomic E-state index is 13.2. The third-order valence-electron chi connectivity index (χ3n) is 5.65. The van der Waals surface area contributed by atoms with E-state index in [1.165, 1.54) is 6.42 Å². The Morgan fingerprint density at radius 2 is 1.60 bits per heavy atom. The summed E-state index contributed by atoms with van der Waals surface area (Å²) >= 11 is 0. The molecule has 156 valence electrons. The van der Waals surface area contributed by atoms with E-state index in [9.17, 15) is 4.79 Å². The molecule has 1 N–H and O–H groups in total. The van der Waals surface area contributed by atoms with Crippen LogP contribution in [0.5, 0.6) is 0 Å². The molecule has 4 rings (SSSR count). The van der Waals surface area contributed by atoms with Gasteiger partial charge >= 0.3 is 6.01 Å². The standard InChI is InChI=1S/C24H28N4O2/c1-2-20(18-12-6-3-7-13-18)22(29)25-21(19-14-8-4-9-15-19)23-26-27-24(30-23)28-16-10-5-11-17-28/h3-4,6-9,12-15,20-21H,2,5,10-11,16-17H2,1H3,(H,25,29)/t20-,21+/m1/s1. The smallest absolute Gasteiger partial charge is 0.318 e. The predicted octanol–water partition coefficient (Wildman–Crippen LogP) is 4.46. The first-order valence-corrected chi connectivity index (χ1v) is 10.7. The molecule has 3 aromatic rings. The Bertz CT molecular complexity index is 936. The van der Waals surface area contributed by atoms with Crippen molar-refractivity contribution in [3.63, 3.8) is 0 Å². The molecule has 1 aromatic heterocycles. The summed E-state index contributed by atoms with van der Waals surface area (Å²) < 4.78 is 6.05. The van der Waals surface area contributed by atoms with Crippen LogP contribution in [0.3, 0.4) is 0 Å². The van der Waals surface area contributed by atoms with Crippen molar-refractivity contribution in [1.29, 1.82) is 0 Å². The van der Waals surface area contributed by atoms with Crippen molar-refractivity contribution in [2.24, 2.45) is 0 Å². The molecule has 1 aliphatic rings. The molecule has 0 saturated carbocycles. The number of carbonyl (C=O) groups is 1. The maximum Gasteiger partial charge on any atom is 0.318 e. The number of amides is 1. The fraction of sp³-hybridized carbons (Fsp3) is 0.375. The van der Waals surface area contributed by atoms with Gasteiger partial charge in [-0.1, -0.05) is 72.7 Å². The highest BCUT2D eigenvalue weighted by atomic mass is 16.4. The van der Waals surface area contributed by atoms with Crippen LogP contribution in [0.1, 0.15) is 61.6 Å². The van der Waals surface area contributed by atoms with Gasteiger partial charge in [0.1, 0.15) is 6.04 Å². The van der Waals surface area contributed by atoms with Crippen LogP contribution in [-0.4, -0.2) is 29.2 Å². The minimum absolute atomic E-state index is 0.0460. The molecule has 6 nitrogen and oxygen atoms in total. The molecule has 1 fully saturated rings. The maximum absolute atomic E-state index is 13.2. The monoisotopic (exact) mass is 404 g/mol. The first kappa shape index (κ1) is 20.1. The highest BCUT2D eigenvalue weighted by Crippen LogP contribution is 2.27. The van der Waals surface area contributed by atoms with Gasteiger partial charge in [-0.15, -0.1) is 5.10 Å². The van der Waals surface area contributed by atoms with Crippen molar-refractivity contribution in [3.8, 4) is 0 Å². The normalized spacial score (nSPS) is 16.1. The minimum atomic E-state index is -0.484. The Labute approximate surface area is 177 Å². The summed E-state index contributed by atoms with van der Waals surface area (Å²) in [6.45, 7) is 3.88. The van der Waals surface area contributed by atoms with E-state index in [1.54, 1.807) is 0 Å².